The highest BCUT2D eigenvalue weighted by molar-refractivity contribution is 5.99. The summed E-state index contributed by atoms with van der Waals surface area (Å²) in [7, 11) is 2.05. The fraction of sp³-hybridized carbons (Fsp3) is 0.571. The normalized spacial score (nSPS) is 19.5. The van der Waals surface area contributed by atoms with Crippen LogP contribution in [0.4, 0.5) is 14.6 Å². The predicted molar refractivity (Wildman–Crippen MR) is 79.0 cm³/mol. The van der Waals surface area contributed by atoms with Crippen molar-refractivity contribution in [3.05, 3.63) is 17.8 Å². The van der Waals surface area contributed by atoms with Crippen LogP contribution in [0, 0.1) is 0 Å². The molecule has 2 N–H and O–H groups in total. The van der Waals surface area contributed by atoms with Gasteiger partial charge < -0.3 is 15.5 Å². The third kappa shape index (κ3) is 2.83. The summed E-state index contributed by atoms with van der Waals surface area (Å²) in [6.07, 6.45) is 1.88. The lowest BCUT2D eigenvalue weighted by Gasteiger charge is -2.29. The number of fused-ring (bicyclic) bond motifs is 1. The van der Waals surface area contributed by atoms with Gasteiger partial charge in [0.1, 0.15) is 17.1 Å². The molecule has 0 radical (unpaired) electrons. The fourth-order valence-electron chi connectivity index (χ4n) is 2.82. The van der Waals surface area contributed by atoms with Crippen LogP contribution in [0.2, 0.25) is 0 Å². The summed E-state index contributed by atoms with van der Waals surface area (Å²) in [6, 6.07) is 0.118. The van der Waals surface area contributed by atoms with E-state index in [1.807, 2.05) is 7.05 Å². The van der Waals surface area contributed by atoms with Crippen molar-refractivity contribution in [3.8, 4) is 0 Å². The smallest absolute Gasteiger partial charge is 0.280 e. The molecule has 0 saturated carbocycles. The van der Waals surface area contributed by atoms with Gasteiger partial charge >= 0.3 is 0 Å². The van der Waals surface area contributed by atoms with Crippen molar-refractivity contribution in [1.82, 2.24) is 20.0 Å². The van der Waals surface area contributed by atoms with E-state index in [4.69, 9.17) is 0 Å². The number of alkyl halides is 2. The molecule has 1 fully saturated rings. The zero-order valence-electron chi connectivity index (χ0n) is 12.4. The number of carbonyl (C=O) groups excluding carboxylic acids is 1. The van der Waals surface area contributed by atoms with E-state index in [1.165, 1.54) is 12.3 Å². The Morgan fingerprint density at radius 2 is 2.18 bits per heavy atom. The summed E-state index contributed by atoms with van der Waals surface area (Å²) < 4.78 is 27.0. The van der Waals surface area contributed by atoms with Crippen LogP contribution in [0.5, 0.6) is 0 Å². The molecule has 8 heteroatoms. The first-order valence-electron chi connectivity index (χ1n) is 7.36. The lowest BCUT2D eigenvalue weighted by Crippen LogP contribution is -2.43. The number of hydrogen-bond donors (Lipinski definition) is 2. The van der Waals surface area contributed by atoms with Crippen molar-refractivity contribution < 1.29 is 13.6 Å². The second-order valence-corrected chi connectivity index (χ2v) is 5.68. The van der Waals surface area contributed by atoms with Gasteiger partial charge in [-0.3, -0.25) is 4.79 Å². The van der Waals surface area contributed by atoms with Gasteiger partial charge in [0.05, 0.1) is 6.20 Å². The van der Waals surface area contributed by atoms with E-state index in [-0.39, 0.29) is 24.2 Å². The molecule has 0 bridgehead atoms. The van der Waals surface area contributed by atoms with E-state index in [1.54, 1.807) is 0 Å². The highest BCUT2D eigenvalue weighted by Gasteiger charge is 2.27. The first-order chi connectivity index (χ1) is 10.6. The molecule has 1 saturated heterocycles. The number of nitrogens with one attached hydrogen (secondary N) is 2. The van der Waals surface area contributed by atoms with Gasteiger partial charge in [0.25, 0.3) is 12.3 Å². The molecule has 1 aromatic heterocycles. The van der Waals surface area contributed by atoms with Gasteiger partial charge in [-0.05, 0) is 39.1 Å². The maximum absolute atomic E-state index is 13.0. The average Bonchev–Trinajstić information content (AvgIpc) is 2.93. The van der Waals surface area contributed by atoms with Gasteiger partial charge in [0.2, 0.25) is 0 Å². The van der Waals surface area contributed by atoms with Crippen molar-refractivity contribution in [2.24, 2.45) is 0 Å². The Kier molecular flexibility index (Phi) is 4.10. The maximum atomic E-state index is 13.0. The van der Waals surface area contributed by atoms with Crippen LogP contribution in [-0.2, 0) is 0 Å². The minimum Gasteiger partial charge on any atom is -0.366 e. The standard InChI is InChI=1S/C14H19F2N5O/c1-20-6-3-9(4-7-20)19-14(22)10-8-18-21-11(12(15)16)2-5-17-13(10)21/h2,8-9,12,17H,3-7H2,1H3,(H,19,22). The van der Waals surface area contributed by atoms with Gasteiger partial charge in [0.15, 0.2) is 0 Å². The van der Waals surface area contributed by atoms with E-state index >= 15 is 0 Å². The SMILES string of the molecule is CN1CCC(NC(=O)c2cnn3c2NCC=C3C(F)F)CC1. The minimum atomic E-state index is -2.62. The lowest BCUT2D eigenvalue weighted by atomic mass is 10.1. The number of aromatic nitrogens is 2. The third-order valence-corrected chi connectivity index (χ3v) is 4.12. The van der Waals surface area contributed by atoms with Crippen molar-refractivity contribution in [2.45, 2.75) is 25.3 Å². The molecule has 0 aromatic carbocycles. The zero-order chi connectivity index (χ0) is 15.7. The molecule has 22 heavy (non-hydrogen) atoms. The first kappa shape index (κ1) is 15.0. The van der Waals surface area contributed by atoms with Crippen LogP contribution >= 0.6 is 0 Å². The first-order valence-corrected chi connectivity index (χ1v) is 7.36. The van der Waals surface area contributed by atoms with Gasteiger partial charge in [-0.2, -0.15) is 5.10 Å². The molecule has 0 aliphatic carbocycles. The van der Waals surface area contributed by atoms with Crippen molar-refractivity contribution in [2.75, 3.05) is 32.0 Å². The third-order valence-electron chi connectivity index (χ3n) is 4.12. The number of amides is 1. The molecular formula is C14H19F2N5O. The van der Waals surface area contributed by atoms with Crippen molar-refractivity contribution in [1.29, 1.82) is 0 Å². The molecule has 0 spiro atoms. The number of allylic oxidation sites excluding steroid dienone is 1. The highest BCUT2D eigenvalue weighted by atomic mass is 19.3. The molecule has 1 aromatic rings. The second kappa shape index (κ2) is 6.04. The quantitative estimate of drug-likeness (QED) is 0.882. The predicted octanol–water partition coefficient (Wildman–Crippen LogP) is 1.24. The fourth-order valence-corrected chi connectivity index (χ4v) is 2.82. The molecule has 6 nitrogen and oxygen atoms in total. The minimum absolute atomic E-state index is 0.118. The van der Waals surface area contributed by atoms with E-state index in [2.05, 4.69) is 20.6 Å². The molecule has 2 aliphatic rings. The molecule has 3 heterocycles. The van der Waals surface area contributed by atoms with Crippen molar-refractivity contribution >= 4 is 17.4 Å². The van der Waals surface area contributed by atoms with Crippen LogP contribution in [0.1, 0.15) is 23.2 Å². The second-order valence-electron chi connectivity index (χ2n) is 5.68. The molecule has 1 amide bonds. The van der Waals surface area contributed by atoms with E-state index in [0.29, 0.717) is 11.4 Å². The molecule has 0 unspecified atom stereocenters. The summed E-state index contributed by atoms with van der Waals surface area (Å²) >= 11 is 0. The Bertz CT molecular complexity index is 590. The number of halogens is 2. The van der Waals surface area contributed by atoms with Crippen LogP contribution < -0.4 is 10.6 Å². The Morgan fingerprint density at radius 3 is 2.86 bits per heavy atom. The topological polar surface area (TPSA) is 62.2 Å². The number of piperidine rings is 1. The van der Waals surface area contributed by atoms with Crippen molar-refractivity contribution in [3.63, 3.8) is 0 Å². The highest BCUT2D eigenvalue weighted by Crippen LogP contribution is 2.26. The van der Waals surface area contributed by atoms with E-state index in [0.717, 1.165) is 30.6 Å². The maximum Gasteiger partial charge on any atom is 0.280 e. The average molecular weight is 311 g/mol. The summed E-state index contributed by atoms with van der Waals surface area (Å²) in [6.45, 7) is 2.14. The molecule has 3 rings (SSSR count). The van der Waals surface area contributed by atoms with Gasteiger partial charge in [-0.1, -0.05) is 0 Å². The molecule has 2 aliphatic heterocycles. The monoisotopic (exact) mass is 311 g/mol. The van der Waals surface area contributed by atoms with Crippen LogP contribution in [-0.4, -0.2) is 59.7 Å². The molecular weight excluding hydrogens is 292 g/mol. The number of rotatable bonds is 3. The number of hydrogen-bond acceptors (Lipinski definition) is 4. The molecule has 120 valence electrons. The molecule has 0 atom stereocenters. The summed E-state index contributed by atoms with van der Waals surface area (Å²) in [5, 5.41) is 9.84. The number of likely N-dealkylation sites (tertiary alicyclic amines) is 1. The number of nitrogens with zero attached hydrogens (tertiary/aromatic N) is 3. The van der Waals surface area contributed by atoms with Crippen LogP contribution in [0.25, 0.3) is 5.70 Å². The van der Waals surface area contributed by atoms with E-state index < -0.39 is 6.43 Å². The summed E-state index contributed by atoms with van der Waals surface area (Å²) in [5.74, 6) is 0.0713. The van der Waals surface area contributed by atoms with Gasteiger partial charge in [0, 0.05) is 12.6 Å². The Balaban J connectivity index is 1.73. The zero-order valence-corrected chi connectivity index (χ0v) is 12.4. The number of carbonyl (C=O) groups is 1. The summed E-state index contributed by atoms with van der Waals surface area (Å²) in [5.41, 5.74) is 0.122. The Morgan fingerprint density at radius 1 is 1.45 bits per heavy atom. The Hall–Kier alpha value is -1.96. The van der Waals surface area contributed by atoms with Crippen LogP contribution in [0.15, 0.2) is 12.3 Å². The van der Waals surface area contributed by atoms with E-state index in [9.17, 15) is 13.6 Å². The largest absolute Gasteiger partial charge is 0.366 e. The van der Waals surface area contributed by atoms with Crippen LogP contribution in [0.3, 0.4) is 0 Å². The number of anilines is 1. The summed E-state index contributed by atoms with van der Waals surface area (Å²) in [4.78, 5) is 14.6. The van der Waals surface area contributed by atoms with Gasteiger partial charge in [-0.15, -0.1) is 0 Å². The Labute approximate surface area is 127 Å². The van der Waals surface area contributed by atoms with Gasteiger partial charge in [-0.25, -0.2) is 13.5 Å². The lowest BCUT2D eigenvalue weighted by molar-refractivity contribution is 0.0917.